The summed E-state index contributed by atoms with van der Waals surface area (Å²) >= 11 is 0. The first-order chi connectivity index (χ1) is 8.93. The van der Waals surface area contributed by atoms with Crippen LogP contribution >= 0.6 is 0 Å². The first-order valence-electron chi connectivity index (χ1n) is 5.62. The number of halogens is 2. The zero-order valence-corrected chi connectivity index (χ0v) is 10.2. The molecule has 2 aromatic rings. The fourth-order valence-corrected chi connectivity index (χ4v) is 1.83. The molecular weight excluding hydrogens is 256 g/mol. The van der Waals surface area contributed by atoms with E-state index in [2.05, 4.69) is 10.1 Å². The Bertz CT molecular complexity index is 560. The highest BCUT2D eigenvalue weighted by Gasteiger charge is 2.38. The average Bonchev–Trinajstić information content (AvgIpc) is 2.84. The lowest BCUT2D eigenvalue weighted by Gasteiger charge is -2.31. The molecule has 1 heterocycles. The maximum absolute atomic E-state index is 13.8. The van der Waals surface area contributed by atoms with Crippen molar-refractivity contribution >= 4 is 0 Å². The van der Waals surface area contributed by atoms with Crippen LogP contribution < -0.4 is 0 Å². The summed E-state index contributed by atoms with van der Waals surface area (Å²) in [6.45, 7) is 1.05. The molecule has 5 nitrogen and oxygen atoms in total. The molecule has 7 heteroatoms. The first-order valence-corrected chi connectivity index (χ1v) is 5.62. The number of hydrogen-bond acceptors (Lipinski definition) is 4. The molecule has 19 heavy (non-hydrogen) atoms. The van der Waals surface area contributed by atoms with E-state index in [1.165, 1.54) is 24.3 Å². The van der Waals surface area contributed by atoms with E-state index in [0.29, 0.717) is 0 Å². The van der Waals surface area contributed by atoms with Gasteiger partial charge in [-0.3, -0.25) is 0 Å². The predicted octanol–water partition coefficient (Wildman–Crippen LogP) is 0.825. The van der Waals surface area contributed by atoms with E-state index in [1.807, 2.05) is 0 Å². The van der Waals surface area contributed by atoms with E-state index in [9.17, 15) is 19.0 Å². The molecule has 102 valence electrons. The molecular formula is C12H13F2N3O2. The lowest BCUT2D eigenvalue weighted by molar-refractivity contribution is -0.0875. The molecule has 0 amide bonds. The average molecular weight is 269 g/mol. The van der Waals surface area contributed by atoms with Crippen LogP contribution in [0.4, 0.5) is 8.78 Å². The largest absolute Gasteiger partial charge is 0.390 e. The maximum atomic E-state index is 13.8. The molecule has 2 atom stereocenters. The second-order valence-corrected chi connectivity index (χ2v) is 4.32. The molecule has 0 aliphatic carbocycles. The molecule has 0 saturated carbocycles. The third kappa shape index (κ3) is 2.61. The Balaban J connectivity index is 2.46. The number of aromatic nitrogens is 3. The van der Waals surface area contributed by atoms with Crippen molar-refractivity contribution in [1.82, 2.24) is 14.8 Å². The Labute approximate surface area is 108 Å². The Morgan fingerprint density at radius 3 is 2.74 bits per heavy atom. The Morgan fingerprint density at radius 2 is 2.16 bits per heavy atom. The van der Waals surface area contributed by atoms with Crippen LogP contribution in [0.25, 0.3) is 0 Å². The summed E-state index contributed by atoms with van der Waals surface area (Å²) in [5, 5.41) is 24.0. The number of aliphatic hydroxyl groups is 2. The van der Waals surface area contributed by atoms with Crippen molar-refractivity contribution in [3.8, 4) is 0 Å². The van der Waals surface area contributed by atoms with E-state index >= 15 is 0 Å². The minimum absolute atomic E-state index is 0.245. The first kappa shape index (κ1) is 13.6. The molecule has 0 unspecified atom stereocenters. The van der Waals surface area contributed by atoms with Crippen molar-refractivity contribution in [2.45, 2.75) is 25.2 Å². The fourth-order valence-electron chi connectivity index (χ4n) is 1.83. The van der Waals surface area contributed by atoms with Crippen LogP contribution in [0.3, 0.4) is 0 Å². The molecule has 2 N–H and O–H groups in total. The van der Waals surface area contributed by atoms with Gasteiger partial charge in [0.1, 0.15) is 29.9 Å². The standard InChI is InChI=1S/C12H13F2N3O2/c1-8(18)12(19,5-17-7-15-6-16-17)10-4-9(13)2-3-11(10)14/h2-4,6-8,18-19H,5H2,1H3/t8-,12+/m0/s1. The minimum Gasteiger partial charge on any atom is -0.390 e. The van der Waals surface area contributed by atoms with Crippen molar-refractivity contribution in [2.24, 2.45) is 0 Å². The highest BCUT2D eigenvalue weighted by atomic mass is 19.1. The lowest BCUT2D eigenvalue weighted by Crippen LogP contribution is -2.42. The highest BCUT2D eigenvalue weighted by Crippen LogP contribution is 2.29. The number of hydrogen-bond donors (Lipinski definition) is 2. The number of nitrogens with zero attached hydrogens (tertiary/aromatic N) is 3. The van der Waals surface area contributed by atoms with Crippen molar-refractivity contribution in [3.63, 3.8) is 0 Å². The molecule has 1 aromatic heterocycles. The number of benzene rings is 1. The highest BCUT2D eigenvalue weighted by molar-refractivity contribution is 5.26. The van der Waals surface area contributed by atoms with Crippen LogP contribution in [0.2, 0.25) is 0 Å². The van der Waals surface area contributed by atoms with Crippen molar-refractivity contribution in [1.29, 1.82) is 0 Å². The van der Waals surface area contributed by atoms with E-state index < -0.39 is 23.3 Å². The van der Waals surface area contributed by atoms with Crippen LogP contribution in [-0.4, -0.2) is 31.1 Å². The Morgan fingerprint density at radius 1 is 1.42 bits per heavy atom. The maximum Gasteiger partial charge on any atom is 0.138 e. The molecule has 0 radical (unpaired) electrons. The molecule has 0 saturated heterocycles. The second-order valence-electron chi connectivity index (χ2n) is 4.32. The SMILES string of the molecule is C[C@H](O)[C@](O)(Cn1cncn1)c1cc(F)ccc1F. The quantitative estimate of drug-likeness (QED) is 0.862. The van der Waals surface area contributed by atoms with Crippen LogP contribution in [-0.2, 0) is 12.1 Å². The molecule has 0 aliphatic rings. The molecule has 0 spiro atoms. The molecule has 0 bridgehead atoms. The van der Waals surface area contributed by atoms with Gasteiger partial charge in [0, 0.05) is 5.56 Å². The summed E-state index contributed by atoms with van der Waals surface area (Å²) in [7, 11) is 0. The normalized spacial score (nSPS) is 16.1. The summed E-state index contributed by atoms with van der Waals surface area (Å²) in [5.74, 6) is -1.50. The van der Waals surface area contributed by atoms with Gasteiger partial charge in [0.05, 0.1) is 12.6 Å². The third-order valence-corrected chi connectivity index (χ3v) is 2.96. The predicted molar refractivity (Wildman–Crippen MR) is 62.0 cm³/mol. The second kappa shape index (κ2) is 5.02. The third-order valence-electron chi connectivity index (χ3n) is 2.96. The van der Waals surface area contributed by atoms with Gasteiger partial charge >= 0.3 is 0 Å². The molecule has 0 aliphatic heterocycles. The van der Waals surface area contributed by atoms with Gasteiger partial charge in [0.15, 0.2) is 0 Å². The Hall–Kier alpha value is -1.86. The summed E-state index contributed by atoms with van der Waals surface area (Å²) in [6.07, 6.45) is 1.22. The van der Waals surface area contributed by atoms with Crippen molar-refractivity contribution in [2.75, 3.05) is 0 Å². The van der Waals surface area contributed by atoms with Crippen LogP contribution in [0.5, 0.6) is 0 Å². The Kier molecular flexibility index (Phi) is 3.59. The summed E-state index contributed by atoms with van der Waals surface area (Å²) in [4.78, 5) is 3.69. The monoisotopic (exact) mass is 269 g/mol. The lowest BCUT2D eigenvalue weighted by atomic mass is 9.88. The fraction of sp³-hybridized carbons (Fsp3) is 0.333. The smallest absolute Gasteiger partial charge is 0.138 e. The summed E-state index contributed by atoms with van der Waals surface area (Å²) in [5.41, 5.74) is -2.32. The zero-order chi connectivity index (χ0) is 14.0. The van der Waals surface area contributed by atoms with Crippen LogP contribution in [0.1, 0.15) is 12.5 Å². The minimum atomic E-state index is -2.00. The van der Waals surface area contributed by atoms with Crippen molar-refractivity contribution in [3.05, 3.63) is 48.1 Å². The van der Waals surface area contributed by atoms with Gasteiger partial charge in [-0.2, -0.15) is 5.10 Å². The molecule has 1 aromatic carbocycles. The number of aliphatic hydroxyl groups excluding tert-OH is 1. The summed E-state index contributed by atoms with van der Waals surface area (Å²) in [6, 6.07) is 2.70. The van der Waals surface area contributed by atoms with E-state index in [0.717, 1.165) is 18.2 Å². The van der Waals surface area contributed by atoms with Gasteiger partial charge < -0.3 is 10.2 Å². The number of rotatable bonds is 4. The zero-order valence-electron chi connectivity index (χ0n) is 10.2. The molecule has 0 fully saturated rings. The van der Waals surface area contributed by atoms with Crippen LogP contribution in [0.15, 0.2) is 30.9 Å². The van der Waals surface area contributed by atoms with Gasteiger partial charge in [0.25, 0.3) is 0 Å². The van der Waals surface area contributed by atoms with E-state index in [1.54, 1.807) is 0 Å². The van der Waals surface area contributed by atoms with Gasteiger partial charge in [-0.1, -0.05) is 0 Å². The van der Waals surface area contributed by atoms with Gasteiger partial charge in [-0.05, 0) is 25.1 Å². The molecule has 2 rings (SSSR count). The van der Waals surface area contributed by atoms with E-state index in [4.69, 9.17) is 0 Å². The summed E-state index contributed by atoms with van der Waals surface area (Å²) < 4.78 is 28.2. The van der Waals surface area contributed by atoms with E-state index in [-0.39, 0.29) is 12.1 Å². The van der Waals surface area contributed by atoms with Gasteiger partial charge in [-0.15, -0.1) is 0 Å². The van der Waals surface area contributed by atoms with Gasteiger partial charge in [-0.25, -0.2) is 18.4 Å². The van der Waals surface area contributed by atoms with Crippen molar-refractivity contribution < 1.29 is 19.0 Å². The topological polar surface area (TPSA) is 71.2 Å². The van der Waals surface area contributed by atoms with Gasteiger partial charge in [0.2, 0.25) is 0 Å². The van der Waals surface area contributed by atoms with Crippen LogP contribution in [0, 0.1) is 11.6 Å².